The molecular weight excluding hydrogens is 386 g/mol. The van der Waals surface area contributed by atoms with Gasteiger partial charge in [0.2, 0.25) is 11.8 Å². The van der Waals surface area contributed by atoms with Gasteiger partial charge in [0.1, 0.15) is 18.8 Å². The van der Waals surface area contributed by atoms with Crippen molar-refractivity contribution in [1.82, 2.24) is 16.1 Å². The summed E-state index contributed by atoms with van der Waals surface area (Å²) >= 11 is 0. The largest absolute Gasteiger partial charge is 0.481 e. The van der Waals surface area contributed by atoms with Crippen LogP contribution in [0.1, 0.15) is 11.1 Å². The van der Waals surface area contributed by atoms with Crippen LogP contribution >= 0.6 is 0 Å². The van der Waals surface area contributed by atoms with E-state index in [1.54, 1.807) is 6.08 Å². The Balaban J connectivity index is 1.57. The first-order valence-corrected chi connectivity index (χ1v) is 9.60. The molecule has 0 spiro atoms. The summed E-state index contributed by atoms with van der Waals surface area (Å²) in [6.07, 6.45) is 1.02. The molecule has 0 saturated carbocycles. The summed E-state index contributed by atoms with van der Waals surface area (Å²) in [7, 11) is 1.52. The van der Waals surface area contributed by atoms with Crippen molar-refractivity contribution in [2.45, 2.75) is 25.2 Å². The number of hydrogen-bond acceptors (Lipinski definition) is 6. The third kappa shape index (κ3) is 6.52. The molecule has 2 atom stereocenters. The van der Waals surface area contributed by atoms with Gasteiger partial charge < -0.3 is 20.1 Å². The van der Waals surface area contributed by atoms with E-state index < -0.39 is 12.1 Å². The molecule has 3 rings (SSSR count). The third-order valence-electron chi connectivity index (χ3n) is 4.45. The van der Waals surface area contributed by atoms with Gasteiger partial charge in [-0.3, -0.25) is 9.63 Å². The van der Waals surface area contributed by atoms with Crippen LogP contribution in [0.15, 0.2) is 72.6 Å². The molecule has 0 aliphatic carbocycles. The van der Waals surface area contributed by atoms with Gasteiger partial charge >= 0.3 is 6.09 Å². The van der Waals surface area contributed by atoms with Gasteiger partial charge in [-0.15, -0.1) is 0 Å². The van der Waals surface area contributed by atoms with Gasteiger partial charge in [0.05, 0.1) is 13.7 Å². The van der Waals surface area contributed by atoms with E-state index in [0.29, 0.717) is 12.3 Å². The Bertz CT molecular complexity index is 858. The molecule has 1 heterocycles. The molecule has 1 aliphatic heterocycles. The van der Waals surface area contributed by atoms with Gasteiger partial charge in [0.25, 0.3) is 0 Å². The smallest absolute Gasteiger partial charge is 0.408 e. The van der Waals surface area contributed by atoms with Crippen molar-refractivity contribution in [3.63, 3.8) is 0 Å². The fraction of sp³-hybridized carbons (Fsp3) is 0.273. The number of hydroxylamine groups is 1. The number of methoxy groups -OCH3 is 1. The number of ether oxygens (including phenoxy) is 2. The normalized spacial score (nSPS) is 16.0. The lowest BCUT2D eigenvalue weighted by Gasteiger charge is -2.19. The lowest BCUT2D eigenvalue weighted by atomic mass is 10.1. The number of carbonyl (C=O) groups is 2. The number of hydrogen-bond donors (Lipinski definition) is 3. The first kappa shape index (κ1) is 21.2. The average molecular weight is 411 g/mol. The lowest BCUT2D eigenvalue weighted by molar-refractivity contribution is -0.123. The summed E-state index contributed by atoms with van der Waals surface area (Å²) in [6, 6.07) is 18.0. The van der Waals surface area contributed by atoms with Gasteiger partial charge in [0, 0.05) is 12.5 Å². The molecule has 30 heavy (non-hydrogen) atoms. The van der Waals surface area contributed by atoms with Crippen LogP contribution in [-0.4, -0.2) is 37.8 Å². The Labute approximate surface area is 175 Å². The van der Waals surface area contributed by atoms with Crippen molar-refractivity contribution in [2.24, 2.45) is 0 Å². The summed E-state index contributed by atoms with van der Waals surface area (Å²) in [5, 5.41) is 5.46. The van der Waals surface area contributed by atoms with E-state index in [1.165, 1.54) is 7.11 Å². The summed E-state index contributed by atoms with van der Waals surface area (Å²) in [5.41, 5.74) is 4.39. The van der Waals surface area contributed by atoms with Crippen molar-refractivity contribution in [3.05, 3.63) is 83.7 Å². The Hall–Kier alpha value is -3.52. The van der Waals surface area contributed by atoms with Gasteiger partial charge in [-0.1, -0.05) is 60.7 Å². The molecule has 158 valence electrons. The summed E-state index contributed by atoms with van der Waals surface area (Å²) in [6.45, 7) is 0.350. The van der Waals surface area contributed by atoms with E-state index in [4.69, 9.17) is 14.3 Å². The minimum Gasteiger partial charge on any atom is -0.481 e. The zero-order valence-electron chi connectivity index (χ0n) is 16.7. The highest BCUT2D eigenvalue weighted by atomic mass is 16.7. The number of carbonyl (C=O) groups excluding carboxylic acids is 2. The van der Waals surface area contributed by atoms with Gasteiger partial charge in [-0.2, -0.15) is 0 Å². The maximum atomic E-state index is 12.8. The minimum atomic E-state index is -0.795. The highest BCUT2D eigenvalue weighted by molar-refractivity contribution is 5.86. The summed E-state index contributed by atoms with van der Waals surface area (Å²) in [5.74, 6) is 0.149. The molecule has 0 bridgehead atoms. The zero-order valence-corrected chi connectivity index (χ0v) is 16.7. The molecule has 0 aromatic heterocycles. The molecule has 2 aromatic rings. The molecule has 2 aromatic carbocycles. The minimum absolute atomic E-state index is 0.124. The van der Waals surface area contributed by atoms with E-state index in [2.05, 4.69) is 16.1 Å². The van der Waals surface area contributed by atoms with Crippen LogP contribution in [-0.2, 0) is 32.1 Å². The second-order valence-corrected chi connectivity index (χ2v) is 6.69. The first-order chi connectivity index (χ1) is 14.6. The van der Waals surface area contributed by atoms with Crippen LogP contribution in [0.4, 0.5) is 4.79 Å². The number of alkyl carbamates (subject to hydrolysis) is 1. The Morgan fingerprint density at radius 3 is 2.37 bits per heavy atom. The fourth-order valence-corrected chi connectivity index (χ4v) is 2.87. The number of benzene rings is 2. The molecule has 8 heteroatoms. The Morgan fingerprint density at radius 1 is 1.07 bits per heavy atom. The second-order valence-electron chi connectivity index (χ2n) is 6.69. The second kappa shape index (κ2) is 10.9. The summed E-state index contributed by atoms with van der Waals surface area (Å²) < 4.78 is 10.3. The quantitative estimate of drug-likeness (QED) is 0.584. The highest BCUT2D eigenvalue weighted by Gasteiger charge is 2.24. The van der Waals surface area contributed by atoms with Gasteiger partial charge in [-0.05, 0) is 11.1 Å². The van der Waals surface area contributed by atoms with Crippen molar-refractivity contribution < 1.29 is 23.9 Å². The third-order valence-corrected chi connectivity index (χ3v) is 4.45. The predicted octanol–water partition coefficient (Wildman–Crippen LogP) is 2.03. The SMILES string of the molecule is COC1=CC(CNC(=O)[C@@H](Cc2ccccc2)NC(=O)OCc2ccccc2)ON1. The van der Waals surface area contributed by atoms with Crippen LogP contribution in [0, 0.1) is 0 Å². The number of rotatable bonds is 9. The molecule has 1 unspecified atom stereocenters. The van der Waals surface area contributed by atoms with E-state index in [0.717, 1.165) is 11.1 Å². The molecule has 0 radical (unpaired) electrons. The molecule has 0 fully saturated rings. The molecule has 1 aliphatic rings. The van der Waals surface area contributed by atoms with Crippen molar-refractivity contribution >= 4 is 12.0 Å². The van der Waals surface area contributed by atoms with E-state index in [-0.39, 0.29) is 25.2 Å². The lowest BCUT2D eigenvalue weighted by Crippen LogP contribution is -2.49. The Kier molecular flexibility index (Phi) is 7.68. The number of amides is 2. The van der Waals surface area contributed by atoms with E-state index in [9.17, 15) is 9.59 Å². The predicted molar refractivity (Wildman–Crippen MR) is 110 cm³/mol. The van der Waals surface area contributed by atoms with Crippen molar-refractivity contribution in [3.8, 4) is 0 Å². The molecule has 2 amide bonds. The van der Waals surface area contributed by atoms with Gasteiger partial charge in [0.15, 0.2) is 0 Å². The zero-order chi connectivity index (χ0) is 21.2. The van der Waals surface area contributed by atoms with E-state index >= 15 is 0 Å². The molecule has 8 nitrogen and oxygen atoms in total. The molecule has 3 N–H and O–H groups in total. The average Bonchev–Trinajstić information content (AvgIpc) is 3.25. The monoisotopic (exact) mass is 411 g/mol. The Morgan fingerprint density at radius 2 is 1.73 bits per heavy atom. The molecule has 0 saturated heterocycles. The first-order valence-electron chi connectivity index (χ1n) is 9.60. The maximum absolute atomic E-state index is 12.8. The van der Waals surface area contributed by atoms with Crippen molar-refractivity contribution in [2.75, 3.05) is 13.7 Å². The highest BCUT2D eigenvalue weighted by Crippen LogP contribution is 2.08. The molecular formula is C22H25N3O5. The van der Waals surface area contributed by atoms with E-state index in [1.807, 2.05) is 60.7 Å². The van der Waals surface area contributed by atoms with Gasteiger partial charge in [-0.25, -0.2) is 10.3 Å². The topological polar surface area (TPSA) is 97.9 Å². The standard InChI is InChI=1S/C22H25N3O5/c1-28-20-13-18(30-25-20)14-23-21(26)19(12-16-8-4-2-5-9-16)24-22(27)29-15-17-10-6-3-7-11-17/h2-11,13,18-19,25H,12,14-15H2,1H3,(H,23,26)(H,24,27)/t18?,19-/m1/s1. The van der Waals surface area contributed by atoms with Crippen LogP contribution in [0.5, 0.6) is 0 Å². The van der Waals surface area contributed by atoms with Crippen LogP contribution < -0.4 is 16.1 Å². The van der Waals surface area contributed by atoms with Crippen LogP contribution in [0.25, 0.3) is 0 Å². The fourth-order valence-electron chi connectivity index (χ4n) is 2.87. The van der Waals surface area contributed by atoms with Crippen LogP contribution in [0.2, 0.25) is 0 Å². The maximum Gasteiger partial charge on any atom is 0.408 e. The summed E-state index contributed by atoms with van der Waals surface area (Å²) in [4.78, 5) is 30.3. The van der Waals surface area contributed by atoms with Crippen molar-refractivity contribution in [1.29, 1.82) is 0 Å². The van der Waals surface area contributed by atoms with Crippen LogP contribution in [0.3, 0.4) is 0 Å². The number of nitrogens with one attached hydrogen (secondary N) is 3.